The predicted molar refractivity (Wildman–Crippen MR) is 109 cm³/mol. The van der Waals surface area contributed by atoms with Crippen molar-refractivity contribution < 1.29 is 13.9 Å². The van der Waals surface area contributed by atoms with Crippen molar-refractivity contribution in [3.8, 4) is 28.7 Å². The van der Waals surface area contributed by atoms with E-state index < -0.39 is 0 Å². The first-order valence-electron chi connectivity index (χ1n) is 9.14. The van der Waals surface area contributed by atoms with Gasteiger partial charge in [-0.3, -0.25) is 4.79 Å². The number of nitrogens with zero attached hydrogens (tertiary/aromatic N) is 2. The summed E-state index contributed by atoms with van der Waals surface area (Å²) in [7, 11) is 1.61. The van der Waals surface area contributed by atoms with Crippen LogP contribution in [0.1, 0.15) is 15.9 Å². The van der Waals surface area contributed by atoms with Gasteiger partial charge in [0.15, 0.2) is 0 Å². The first-order valence-corrected chi connectivity index (χ1v) is 9.14. The van der Waals surface area contributed by atoms with Gasteiger partial charge >= 0.3 is 0 Å². The van der Waals surface area contributed by atoms with E-state index in [1.165, 1.54) is 0 Å². The summed E-state index contributed by atoms with van der Waals surface area (Å²) in [6.45, 7) is 0.384. The van der Waals surface area contributed by atoms with E-state index in [0.717, 1.165) is 22.4 Å². The third-order valence-electron chi connectivity index (χ3n) is 4.47. The molecule has 29 heavy (non-hydrogen) atoms. The van der Waals surface area contributed by atoms with E-state index in [-0.39, 0.29) is 5.91 Å². The topological polar surface area (TPSA) is 77.2 Å². The van der Waals surface area contributed by atoms with Crippen molar-refractivity contribution in [2.24, 2.45) is 0 Å². The lowest BCUT2D eigenvalue weighted by Gasteiger charge is -2.09. The van der Waals surface area contributed by atoms with Gasteiger partial charge in [-0.25, -0.2) is 0 Å². The maximum Gasteiger partial charge on any atom is 0.251 e. The Hall–Kier alpha value is -3.93. The average Bonchev–Trinajstić information content (AvgIpc) is 3.29. The molecule has 1 amide bonds. The number of hydrogen-bond acceptors (Lipinski definition) is 5. The second kappa shape index (κ2) is 8.39. The molecule has 0 saturated carbocycles. The number of hydrogen-bond donors (Lipinski definition) is 1. The molecule has 1 N–H and O–H groups in total. The van der Waals surface area contributed by atoms with Crippen LogP contribution in [0.25, 0.3) is 22.9 Å². The normalized spacial score (nSPS) is 10.5. The molecule has 6 nitrogen and oxygen atoms in total. The molecule has 0 atom stereocenters. The molecule has 6 heteroatoms. The molecule has 4 rings (SSSR count). The van der Waals surface area contributed by atoms with Crippen LogP contribution < -0.4 is 10.1 Å². The second-order valence-corrected chi connectivity index (χ2v) is 6.35. The van der Waals surface area contributed by atoms with Crippen LogP contribution in [-0.4, -0.2) is 23.2 Å². The van der Waals surface area contributed by atoms with E-state index >= 15 is 0 Å². The fraction of sp³-hybridized carbons (Fsp3) is 0.0870. The van der Waals surface area contributed by atoms with E-state index in [1.807, 2.05) is 54.6 Å². The first kappa shape index (κ1) is 18.4. The van der Waals surface area contributed by atoms with Crippen LogP contribution in [0.3, 0.4) is 0 Å². The van der Waals surface area contributed by atoms with Crippen LogP contribution in [0.5, 0.6) is 5.75 Å². The van der Waals surface area contributed by atoms with Gasteiger partial charge in [-0.1, -0.05) is 36.4 Å². The lowest BCUT2D eigenvalue weighted by molar-refractivity contribution is 0.0950. The molecule has 0 aliphatic heterocycles. The van der Waals surface area contributed by atoms with E-state index in [2.05, 4.69) is 15.5 Å². The molecule has 0 radical (unpaired) electrons. The summed E-state index contributed by atoms with van der Waals surface area (Å²) in [5.74, 6) is 1.44. The monoisotopic (exact) mass is 385 g/mol. The number of amides is 1. The molecule has 0 aliphatic rings. The highest BCUT2D eigenvalue weighted by atomic mass is 16.5. The van der Waals surface area contributed by atoms with Crippen molar-refractivity contribution in [1.29, 1.82) is 0 Å². The molecular weight excluding hydrogens is 366 g/mol. The quantitative estimate of drug-likeness (QED) is 0.534. The molecule has 4 aromatic rings. The summed E-state index contributed by atoms with van der Waals surface area (Å²) in [4.78, 5) is 12.5. The molecule has 0 unspecified atom stereocenters. The van der Waals surface area contributed by atoms with E-state index in [9.17, 15) is 4.79 Å². The Labute approximate surface area is 168 Å². The van der Waals surface area contributed by atoms with Gasteiger partial charge in [0.05, 0.1) is 7.11 Å². The fourth-order valence-electron chi connectivity index (χ4n) is 2.93. The van der Waals surface area contributed by atoms with Crippen LogP contribution in [-0.2, 0) is 6.54 Å². The zero-order valence-electron chi connectivity index (χ0n) is 15.8. The Kier molecular flexibility index (Phi) is 5.33. The summed E-state index contributed by atoms with van der Waals surface area (Å²) in [5.41, 5.74) is 3.07. The second-order valence-electron chi connectivity index (χ2n) is 6.35. The van der Waals surface area contributed by atoms with Gasteiger partial charge in [0.2, 0.25) is 11.8 Å². The summed E-state index contributed by atoms with van der Waals surface area (Å²) in [6.07, 6.45) is 0. The molecular formula is C23H19N3O3. The fourth-order valence-corrected chi connectivity index (χ4v) is 2.93. The van der Waals surface area contributed by atoms with Crippen LogP contribution >= 0.6 is 0 Å². The van der Waals surface area contributed by atoms with Gasteiger partial charge in [-0.15, -0.1) is 10.2 Å². The van der Waals surface area contributed by atoms with Crippen molar-refractivity contribution in [1.82, 2.24) is 15.5 Å². The average molecular weight is 385 g/mol. The number of methoxy groups -OCH3 is 1. The predicted octanol–water partition coefficient (Wildman–Crippen LogP) is 4.34. The van der Waals surface area contributed by atoms with Crippen LogP contribution in [0.15, 0.2) is 83.3 Å². The molecule has 0 bridgehead atoms. The number of rotatable bonds is 6. The largest absolute Gasteiger partial charge is 0.496 e. The zero-order chi connectivity index (χ0) is 20.1. The van der Waals surface area contributed by atoms with Crippen molar-refractivity contribution in [3.63, 3.8) is 0 Å². The third kappa shape index (κ3) is 4.16. The number of benzene rings is 3. The zero-order valence-corrected chi connectivity index (χ0v) is 15.8. The number of aromatic nitrogens is 2. The highest BCUT2D eigenvalue weighted by molar-refractivity contribution is 5.94. The van der Waals surface area contributed by atoms with Crippen molar-refractivity contribution in [2.75, 3.05) is 7.11 Å². The Morgan fingerprint density at radius 2 is 1.48 bits per heavy atom. The molecule has 0 fully saturated rings. The minimum atomic E-state index is -0.169. The summed E-state index contributed by atoms with van der Waals surface area (Å²) >= 11 is 0. The number of ether oxygens (including phenoxy) is 1. The molecule has 144 valence electrons. The Bertz CT molecular complexity index is 1110. The Balaban J connectivity index is 1.44. The van der Waals surface area contributed by atoms with Crippen molar-refractivity contribution in [3.05, 3.63) is 90.0 Å². The maximum atomic E-state index is 12.5. The maximum absolute atomic E-state index is 12.5. The number of carbonyl (C=O) groups excluding carboxylic acids is 1. The number of para-hydroxylation sites is 1. The van der Waals surface area contributed by atoms with Crippen LogP contribution in [0.2, 0.25) is 0 Å². The standard InChI is InChI=1S/C23H19N3O3/c1-28-20-10-6-5-9-19(20)15-24-21(27)16-11-13-18(14-12-16)23-26-25-22(29-23)17-7-3-2-4-8-17/h2-14H,15H2,1H3,(H,24,27). The van der Waals surface area contributed by atoms with Gasteiger partial charge in [0, 0.05) is 28.8 Å². The molecule has 0 saturated heterocycles. The minimum absolute atomic E-state index is 0.169. The van der Waals surface area contributed by atoms with Gasteiger partial charge in [-0.05, 0) is 42.5 Å². The van der Waals surface area contributed by atoms with E-state index in [0.29, 0.717) is 23.9 Å². The highest BCUT2D eigenvalue weighted by Gasteiger charge is 2.12. The highest BCUT2D eigenvalue weighted by Crippen LogP contribution is 2.24. The molecule has 3 aromatic carbocycles. The van der Waals surface area contributed by atoms with Gasteiger partial charge in [-0.2, -0.15) is 0 Å². The molecule has 0 spiro atoms. The summed E-state index contributed by atoms with van der Waals surface area (Å²) < 4.78 is 11.1. The first-order chi connectivity index (χ1) is 14.2. The molecule has 1 aromatic heterocycles. The molecule has 1 heterocycles. The number of carbonyl (C=O) groups is 1. The number of nitrogens with one attached hydrogen (secondary N) is 1. The van der Waals surface area contributed by atoms with Gasteiger partial charge < -0.3 is 14.5 Å². The summed E-state index contributed by atoms with van der Waals surface area (Å²) in [5, 5.41) is 11.1. The van der Waals surface area contributed by atoms with Crippen molar-refractivity contribution in [2.45, 2.75) is 6.54 Å². The Morgan fingerprint density at radius 3 is 2.17 bits per heavy atom. The lowest BCUT2D eigenvalue weighted by atomic mass is 10.1. The van der Waals surface area contributed by atoms with Crippen LogP contribution in [0.4, 0.5) is 0 Å². The van der Waals surface area contributed by atoms with Crippen LogP contribution in [0, 0.1) is 0 Å². The van der Waals surface area contributed by atoms with Gasteiger partial charge in [0.1, 0.15) is 5.75 Å². The van der Waals surface area contributed by atoms with Crippen molar-refractivity contribution >= 4 is 5.91 Å². The SMILES string of the molecule is COc1ccccc1CNC(=O)c1ccc(-c2nnc(-c3ccccc3)o2)cc1. The third-order valence-corrected chi connectivity index (χ3v) is 4.47. The lowest BCUT2D eigenvalue weighted by Crippen LogP contribution is -2.22. The summed E-state index contributed by atoms with van der Waals surface area (Å²) in [6, 6.07) is 24.2. The van der Waals surface area contributed by atoms with Gasteiger partial charge in [0.25, 0.3) is 5.91 Å². The minimum Gasteiger partial charge on any atom is -0.496 e. The van der Waals surface area contributed by atoms with E-state index in [4.69, 9.17) is 9.15 Å². The smallest absolute Gasteiger partial charge is 0.251 e. The Morgan fingerprint density at radius 1 is 0.862 bits per heavy atom. The molecule has 0 aliphatic carbocycles. The van der Waals surface area contributed by atoms with E-state index in [1.54, 1.807) is 31.4 Å².